The van der Waals surface area contributed by atoms with Crippen LogP contribution in [-0.2, 0) is 17.9 Å². The van der Waals surface area contributed by atoms with Gasteiger partial charge in [-0.05, 0) is 18.3 Å². The largest absolute Gasteiger partial charge is 0.373 e. The molecule has 3 heterocycles. The summed E-state index contributed by atoms with van der Waals surface area (Å²) in [5.74, 6) is -0.232. The van der Waals surface area contributed by atoms with Crippen LogP contribution in [0.4, 0.5) is 8.78 Å². The van der Waals surface area contributed by atoms with Crippen LogP contribution in [0.5, 0.6) is 0 Å². The van der Waals surface area contributed by atoms with Crippen molar-refractivity contribution in [3.63, 3.8) is 0 Å². The molecule has 0 radical (unpaired) electrons. The predicted molar refractivity (Wildman–Crippen MR) is 99.0 cm³/mol. The van der Waals surface area contributed by atoms with Crippen LogP contribution in [0.1, 0.15) is 35.4 Å². The van der Waals surface area contributed by atoms with E-state index in [1.54, 1.807) is 4.90 Å². The van der Waals surface area contributed by atoms with Crippen LogP contribution < -0.4 is 0 Å². The highest BCUT2D eigenvalue weighted by Crippen LogP contribution is 2.53. The fourth-order valence-corrected chi connectivity index (χ4v) is 4.98. The van der Waals surface area contributed by atoms with Crippen molar-refractivity contribution >= 4 is 5.91 Å². The molecule has 1 saturated heterocycles. The molecule has 1 unspecified atom stereocenters. The maximum atomic E-state index is 13.6. The summed E-state index contributed by atoms with van der Waals surface area (Å²) < 4.78 is 34.8. The first-order valence-corrected chi connectivity index (χ1v) is 9.89. The SMILES string of the molecule is O=C(c1nc(-c2ccccc2)n2c1COCC2)N1CC(C(F)F)C2(CCC2)C1. The van der Waals surface area contributed by atoms with E-state index in [2.05, 4.69) is 4.98 Å². The zero-order valence-electron chi connectivity index (χ0n) is 15.6. The number of hydrogen-bond donors (Lipinski definition) is 0. The summed E-state index contributed by atoms with van der Waals surface area (Å²) in [4.78, 5) is 19.6. The van der Waals surface area contributed by atoms with Gasteiger partial charge in [0.1, 0.15) is 5.82 Å². The van der Waals surface area contributed by atoms with Crippen LogP contribution in [0, 0.1) is 11.3 Å². The number of carbonyl (C=O) groups excluding carboxylic acids is 1. The van der Waals surface area contributed by atoms with E-state index in [-0.39, 0.29) is 12.5 Å². The highest BCUT2D eigenvalue weighted by Gasteiger charge is 2.55. The molecule has 1 aromatic heterocycles. The van der Waals surface area contributed by atoms with Gasteiger partial charge in [-0.2, -0.15) is 0 Å². The Hall–Kier alpha value is -2.28. The normalized spacial score (nSPS) is 23.1. The van der Waals surface area contributed by atoms with E-state index in [0.29, 0.717) is 32.0 Å². The van der Waals surface area contributed by atoms with E-state index in [9.17, 15) is 13.6 Å². The number of ether oxygens (including phenoxy) is 1. The third-order valence-corrected chi connectivity index (χ3v) is 6.66. The molecule has 28 heavy (non-hydrogen) atoms. The quantitative estimate of drug-likeness (QED) is 0.809. The first-order chi connectivity index (χ1) is 13.6. The summed E-state index contributed by atoms with van der Waals surface area (Å²) in [7, 11) is 0. The number of amides is 1. The number of halogens is 2. The topological polar surface area (TPSA) is 47.4 Å². The van der Waals surface area contributed by atoms with Gasteiger partial charge >= 0.3 is 0 Å². The third-order valence-electron chi connectivity index (χ3n) is 6.66. The number of alkyl halides is 2. The van der Waals surface area contributed by atoms with Crippen LogP contribution in [0.15, 0.2) is 30.3 Å². The van der Waals surface area contributed by atoms with Crippen LogP contribution in [-0.4, -0.2) is 46.5 Å². The minimum atomic E-state index is -2.39. The lowest BCUT2D eigenvalue weighted by molar-refractivity contribution is -0.0183. The average molecular weight is 387 g/mol. The minimum absolute atomic E-state index is 0.115. The molecular formula is C21H23F2N3O2. The van der Waals surface area contributed by atoms with E-state index < -0.39 is 17.8 Å². The zero-order chi connectivity index (χ0) is 19.3. The molecular weight excluding hydrogens is 364 g/mol. The van der Waals surface area contributed by atoms with Gasteiger partial charge in [0.2, 0.25) is 6.43 Å². The molecule has 1 amide bonds. The fourth-order valence-electron chi connectivity index (χ4n) is 4.98. The van der Waals surface area contributed by atoms with Crippen molar-refractivity contribution in [3.05, 3.63) is 41.7 Å². The summed E-state index contributed by atoms with van der Waals surface area (Å²) in [6.45, 7) is 2.04. The monoisotopic (exact) mass is 387 g/mol. The second-order valence-electron chi connectivity index (χ2n) is 8.14. The highest BCUT2D eigenvalue weighted by atomic mass is 19.3. The van der Waals surface area contributed by atoms with Gasteiger partial charge in [0.25, 0.3) is 5.91 Å². The van der Waals surface area contributed by atoms with Gasteiger partial charge in [0.15, 0.2) is 5.69 Å². The van der Waals surface area contributed by atoms with Gasteiger partial charge in [0.05, 0.1) is 18.9 Å². The Morgan fingerprint density at radius 2 is 2.04 bits per heavy atom. The molecule has 1 aliphatic carbocycles. The standard InChI is InChI=1S/C21H23F2N3O2/c22-18(23)15-11-25(13-21(15)7-4-8-21)20(27)17-16-12-28-10-9-26(16)19(24-17)14-5-2-1-3-6-14/h1-3,5-6,15,18H,4,7-13H2. The Bertz CT molecular complexity index is 893. The number of carbonyl (C=O) groups is 1. The summed E-state index contributed by atoms with van der Waals surface area (Å²) in [5.41, 5.74) is 1.63. The summed E-state index contributed by atoms with van der Waals surface area (Å²) in [6, 6.07) is 9.74. The van der Waals surface area contributed by atoms with Crippen molar-refractivity contribution in [2.45, 2.75) is 38.8 Å². The Morgan fingerprint density at radius 1 is 1.25 bits per heavy atom. The van der Waals surface area contributed by atoms with E-state index >= 15 is 0 Å². The second kappa shape index (κ2) is 6.65. The predicted octanol–water partition coefficient (Wildman–Crippen LogP) is 3.59. The number of imidazole rings is 1. The Labute approximate surface area is 162 Å². The van der Waals surface area contributed by atoms with Crippen LogP contribution in [0.25, 0.3) is 11.4 Å². The number of likely N-dealkylation sites (tertiary alicyclic amines) is 1. The molecule has 1 spiro atoms. The number of nitrogens with zero attached hydrogens (tertiary/aromatic N) is 3. The van der Waals surface area contributed by atoms with Crippen molar-refractivity contribution in [1.29, 1.82) is 0 Å². The molecule has 1 saturated carbocycles. The molecule has 5 nitrogen and oxygen atoms in total. The van der Waals surface area contributed by atoms with Crippen LogP contribution in [0.2, 0.25) is 0 Å². The van der Waals surface area contributed by atoms with Gasteiger partial charge in [-0.1, -0.05) is 36.8 Å². The van der Waals surface area contributed by atoms with Gasteiger partial charge in [-0.25, -0.2) is 13.8 Å². The van der Waals surface area contributed by atoms with Gasteiger partial charge in [-0.15, -0.1) is 0 Å². The Kier molecular flexibility index (Phi) is 4.23. The second-order valence-corrected chi connectivity index (χ2v) is 8.14. The van der Waals surface area contributed by atoms with Crippen molar-refractivity contribution in [3.8, 4) is 11.4 Å². The van der Waals surface area contributed by atoms with E-state index in [1.807, 2.05) is 34.9 Å². The van der Waals surface area contributed by atoms with Crippen molar-refractivity contribution in [1.82, 2.24) is 14.5 Å². The van der Waals surface area contributed by atoms with E-state index in [0.717, 1.165) is 36.3 Å². The molecule has 5 rings (SSSR count). The number of rotatable bonds is 3. The fraction of sp³-hybridized carbons (Fsp3) is 0.524. The van der Waals surface area contributed by atoms with Crippen molar-refractivity contribution in [2.75, 3.05) is 19.7 Å². The van der Waals surface area contributed by atoms with Gasteiger partial charge < -0.3 is 14.2 Å². The molecule has 2 aromatic rings. The van der Waals surface area contributed by atoms with E-state index in [4.69, 9.17) is 4.74 Å². The minimum Gasteiger partial charge on any atom is -0.373 e. The number of fused-ring (bicyclic) bond motifs is 1. The molecule has 1 atom stereocenters. The third kappa shape index (κ3) is 2.67. The molecule has 2 aliphatic heterocycles. The lowest BCUT2D eigenvalue weighted by Crippen LogP contribution is -2.40. The maximum Gasteiger partial charge on any atom is 0.274 e. The smallest absolute Gasteiger partial charge is 0.274 e. The van der Waals surface area contributed by atoms with Crippen LogP contribution >= 0.6 is 0 Å². The summed E-state index contributed by atoms with van der Waals surface area (Å²) in [5, 5.41) is 0. The number of hydrogen-bond acceptors (Lipinski definition) is 3. The number of benzene rings is 1. The average Bonchev–Trinajstić information content (AvgIpc) is 3.28. The maximum absolute atomic E-state index is 13.6. The molecule has 1 aromatic carbocycles. The highest BCUT2D eigenvalue weighted by molar-refractivity contribution is 5.94. The molecule has 0 N–H and O–H groups in total. The Balaban J connectivity index is 1.50. The molecule has 3 aliphatic rings. The lowest BCUT2D eigenvalue weighted by atomic mass is 9.63. The summed E-state index contributed by atoms with van der Waals surface area (Å²) >= 11 is 0. The molecule has 148 valence electrons. The Morgan fingerprint density at radius 3 is 2.68 bits per heavy atom. The molecule has 2 fully saturated rings. The van der Waals surface area contributed by atoms with Gasteiger partial charge in [0, 0.05) is 31.1 Å². The van der Waals surface area contributed by atoms with Crippen LogP contribution in [0.3, 0.4) is 0 Å². The van der Waals surface area contributed by atoms with E-state index in [1.165, 1.54) is 0 Å². The molecule has 0 bridgehead atoms. The number of aromatic nitrogens is 2. The van der Waals surface area contributed by atoms with Gasteiger partial charge in [-0.3, -0.25) is 4.79 Å². The molecule has 7 heteroatoms. The zero-order valence-corrected chi connectivity index (χ0v) is 15.6. The summed E-state index contributed by atoms with van der Waals surface area (Å²) in [6.07, 6.45) is 0.144. The van der Waals surface area contributed by atoms with Crippen molar-refractivity contribution in [2.24, 2.45) is 11.3 Å². The lowest BCUT2D eigenvalue weighted by Gasteiger charge is -2.42. The van der Waals surface area contributed by atoms with Crippen molar-refractivity contribution < 1.29 is 18.3 Å². The first kappa shape index (κ1) is 17.8. The first-order valence-electron chi connectivity index (χ1n) is 9.89.